The van der Waals surface area contributed by atoms with Crippen molar-refractivity contribution < 1.29 is 58.4 Å². The summed E-state index contributed by atoms with van der Waals surface area (Å²) in [5.74, 6) is -0.0582. The molecule has 2 saturated carbocycles. The fraction of sp³-hybridized carbons (Fsp3) is 0.889. The number of amides is 2. The van der Waals surface area contributed by atoms with Crippen LogP contribution in [0.1, 0.15) is 64.7 Å². The van der Waals surface area contributed by atoms with Gasteiger partial charge < -0.3 is 26.8 Å². The molecule has 0 spiro atoms. The van der Waals surface area contributed by atoms with Gasteiger partial charge >= 0.3 is 6.03 Å². The SMILES string of the molecule is CCOC(=O)C([NH-])CC1CCC(NC(=O)NC2CCCC(N)C2)CC1.[Ac]. The smallest absolute Gasteiger partial charge is 0.315 e. The fourth-order valence-electron chi connectivity index (χ4n) is 3.99. The molecule has 147 valence electrons. The Morgan fingerprint density at radius 1 is 1.12 bits per heavy atom. The minimum atomic E-state index is -0.784. The van der Waals surface area contributed by atoms with Gasteiger partial charge in [-0.15, -0.1) is 0 Å². The van der Waals surface area contributed by atoms with Crippen molar-refractivity contribution in [2.45, 2.75) is 88.9 Å². The molecule has 3 unspecified atom stereocenters. The second-order valence-electron chi connectivity index (χ2n) is 7.50. The maximum Gasteiger partial charge on any atom is 0.315 e. The van der Waals surface area contributed by atoms with Crippen LogP contribution in [0.5, 0.6) is 0 Å². The molecule has 2 aliphatic rings. The second-order valence-corrected chi connectivity index (χ2v) is 7.50. The fourth-order valence-corrected chi connectivity index (χ4v) is 3.99. The molecule has 0 bridgehead atoms. The Kier molecular flexibility index (Phi) is 11.6. The minimum Gasteiger partial charge on any atom is -0.665 e. The second kappa shape index (κ2) is 12.5. The third-order valence-corrected chi connectivity index (χ3v) is 5.37. The van der Waals surface area contributed by atoms with Crippen LogP contribution in [0.25, 0.3) is 5.73 Å². The Labute approximate surface area is 192 Å². The number of urea groups is 1. The molecule has 26 heavy (non-hydrogen) atoms. The van der Waals surface area contributed by atoms with E-state index in [1.807, 2.05) is 0 Å². The summed E-state index contributed by atoms with van der Waals surface area (Å²) in [4.78, 5) is 23.7. The molecule has 2 amide bonds. The maximum absolute atomic E-state index is 12.2. The van der Waals surface area contributed by atoms with Crippen molar-refractivity contribution in [3.8, 4) is 0 Å². The number of nitrogens with one attached hydrogen (secondary N) is 3. The van der Waals surface area contributed by atoms with Gasteiger partial charge in [-0.2, -0.15) is 0 Å². The van der Waals surface area contributed by atoms with Gasteiger partial charge in [0.15, 0.2) is 0 Å². The van der Waals surface area contributed by atoms with E-state index in [1.165, 1.54) is 0 Å². The molecule has 0 aromatic heterocycles. The Hall–Kier alpha value is 0.102. The van der Waals surface area contributed by atoms with Crippen LogP contribution in [-0.2, 0) is 9.53 Å². The quantitative estimate of drug-likeness (QED) is 0.419. The first kappa shape index (κ1) is 24.1. The van der Waals surface area contributed by atoms with Crippen LogP contribution in [0.4, 0.5) is 4.79 Å². The van der Waals surface area contributed by atoms with Gasteiger partial charge in [-0.3, -0.25) is 4.79 Å². The van der Waals surface area contributed by atoms with E-state index in [4.69, 9.17) is 16.2 Å². The summed E-state index contributed by atoms with van der Waals surface area (Å²) in [7, 11) is 0. The van der Waals surface area contributed by atoms with E-state index in [9.17, 15) is 9.59 Å². The normalized spacial score (nSPS) is 29.8. The molecular weight excluding hydrogens is 547 g/mol. The van der Waals surface area contributed by atoms with Crippen molar-refractivity contribution in [2.24, 2.45) is 11.7 Å². The maximum atomic E-state index is 12.2. The molecule has 3 atom stereocenters. The first-order chi connectivity index (χ1) is 12.0. The van der Waals surface area contributed by atoms with E-state index >= 15 is 0 Å². The summed E-state index contributed by atoms with van der Waals surface area (Å²) in [5.41, 5.74) is 13.8. The summed E-state index contributed by atoms with van der Waals surface area (Å²) < 4.78 is 4.90. The average molecular weight is 580 g/mol. The van der Waals surface area contributed by atoms with Gasteiger partial charge in [0.05, 0.1) is 6.61 Å². The Morgan fingerprint density at radius 2 is 1.77 bits per heavy atom. The first-order valence-corrected chi connectivity index (χ1v) is 9.68. The molecule has 8 heteroatoms. The third kappa shape index (κ3) is 8.41. The zero-order chi connectivity index (χ0) is 18.2. The summed E-state index contributed by atoms with van der Waals surface area (Å²) in [6.45, 7) is 2.08. The Morgan fingerprint density at radius 3 is 2.38 bits per heavy atom. The summed E-state index contributed by atoms with van der Waals surface area (Å²) >= 11 is 0. The summed E-state index contributed by atoms with van der Waals surface area (Å²) in [6.07, 6.45) is 8.22. The van der Waals surface area contributed by atoms with E-state index in [0.717, 1.165) is 51.4 Å². The number of nitrogens with two attached hydrogens (primary N) is 1. The number of hydrogen-bond donors (Lipinski definition) is 3. The molecule has 5 N–H and O–H groups in total. The average Bonchev–Trinajstić information content (AvgIpc) is 2.56. The number of hydrogen-bond acceptors (Lipinski definition) is 4. The Balaban J connectivity index is 0.00000338. The molecule has 0 heterocycles. The molecule has 1 radical (unpaired) electrons. The van der Waals surface area contributed by atoms with Crippen LogP contribution in [0.15, 0.2) is 0 Å². The molecule has 7 nitrogen and oxygen atoms in total. The first-order valence-electron chi connectivity index (χ1n) is 9.68. The topological polar surface area (TPSA) is 117 Å². The molecular formula is C18H33AcN4O3-. The van der Waals surface area contributed by atoms with E-state index in [1.54, 1.807) is 6.92 Å². The van der Waals surface area contributed by atoms with Crippen LogP contribution in [-0.4, -0.2) is 42.8 Å². The van der Waals surface area contributed by atoms with Crippen molar-refractivity contribution in [2.75, 3.05) is 6.61 Å². The van der Waals surface area contributed by atoms with Crippen molar-refractivity contribution in [1.82, 2.24) is 10.6 Å². The van der Waals surface area contributed by atoms with Crippen LogP contribution < -0.4 is 16.4 Å². The number of carbonyl (C=O) groups excluding carboxylic acids is 2. The van der Waals surface area contributed by atoms with Gasteiger partial charge in [-0.1, -0.05) is 6.42 Å². The molecule has 0 saturated heterocycles. The Bertz CT molecular complexity index is 444. The molecule has 2 rings (SSSR count). The van der Waals surface area contributed by atoms with Gasteiger partial charge in [-0.25, -0.2) is 4.79 Å². The summed E-state index contributed by atoms with van der Waals surface area (Å²) in [6, 6.07) is -0.304. The molecule has 2 aliphatic carbocycles. The van der Waals surface area contributed by atoms with Gasteiger partial charge in [0.2, 0.25) is 0 Å². The number of esters is 1. The van der Waals surface area contributed by atoms with Crippen LogP contribution in [0.3, 0.4) is 0 Å². The van der Waals surface area contributed by atoms with Crippen molar-refractivity contribution >= 4 is 12.0 Å². The van der Waals surface area contributed by atoms with Crippen LogP contribution >= 0.6 is 0 Å². The van der Waals surface area contributed by atoms with E-state index < -0.39 is 12.0 Å². The number of carbonyl (C=O) groups is 2. The third-order valence-electron chi connectivity index (χ3n) is 5.37. The van der Waals surface area contributed by atoms with Gasteiger partial charge in [0.1, 0.15) is 0 Å². The molecule has 0 aromatic rings. The zero-order valence-corrected chi connectivity index (χ0v) is 20.6. The van der Waals surface area contributed by atoms with E-state index in [0.29, 0.717) is 18.9 Å². The van der Waals surface area contributed by atoms with Gasteiger partial charge in [0.25, 0.3) is 5.97 Å². The standard InChI is InChI=1S/C18H33N4O3.Ac/c1-2-25-17(23)16(20)10-12-6-8-14(9-7-12)21-18(24)22-15-5-3-4-13(19)11-15;/h12-16,20H,2-11,19H2,1H3,(H2,21,22,24);/q-1;. The predicted octanol–water partition coefficient (Wildman–Crippen LogP) is 2.49. The number of rotatable bonds is 6. The van der Waals surface area contributed by atoms with Crippen molar-refractivity contribution in [3.05, 3.63) is 5.73 Å². The van der Waals surface area contributed by atoms with Crippen molar-refractivity contribution in [3.63, 3.8) is 0 Å². The monoisotopic (exact) mass is 580 g/mol. The van der Waals surface area contributed by atoms with Crippen LogP contribution in [0.2, 0.25) is 0 Å². The molecule has 0 aromatic carbocycles. The largest absolute Gasteiger partial charge is 0.665 e. The van der Waals surface area contributed by atoms with Crippen LogP contribution in [0, 0.1) is 50.0 Å². The summed E-state index contributed by atoms with van der Waals surface area (Å²) in [5, 5.41) is 6.12. The van der Waals surface area contributed by atoms with Gasteiger partial charge in [-0.05, 0) is 70.3 Å². The van der Waals surface area contributed by atoms with E-state index in [-0.39, 0.29) is 68.2 Å². The predicted molar refractivity (Wildman–Crippen MR) is 97.0 cm³/mol. The zero-order valence-electron chi connectivity index (χ0n) is 15.8. The number of ether oxygens (including phenoxy) is 1. The van der Waals surface area contributed by atoms with Crippen molar-refractivity contribution in [1.29, 1.82) is 0 Å². The van der Waals surface area contributed by atoms with Gasteiger partial charge in [0, 0.05) is 62.2 Å². The van der Waals surface area contributed by atoms with E-state index in [2.05, 4.69) is 10.6 Å². The minimum absolute atomic E-state index is 0. The molecule has 2 fully saturated rings. The molecule has 0 aliphatic heterocycles.